The third-order valence-corrected chi connectivity index (χ3v) is 3.92. The molecule has 1 aromatic heterocycles. The van der Waals surface area contributed by atoms with E-state index in [9.17, 15) is 13.2 Å². The Balaban J connectivity index is 2.21. The Morgan fingerprint density at radius 2 is 1.42 bits per heavy atom. The number of nitrogens with zero attached hydrogens (tertiary/aromatic N) is 1. The number of pyridine rings is 1. The zero-order valence-electron chi connectivity index (χ0n) is 13.4. The summed E-state index contributed by atoms with van der Waals surface area (Å²) in [6.45, 7) is 3.80. The fourth-order valence-corrected chi connectivity index (χ4v) is 2.56. The van der Waals surface area contributed by atoms with Crippen LogP contribution in [0.1, 0.15) is 16.7 Å². The Morgan fingerprint density at radius 1 is 0.792 bits per heavy atom. The highest BCUT2D eigenvalue weighted by Gasteiger charge is 2.32. The van der Waals surface area contributed by atoms with Crippen molar-refractivity contribution >= 4 is 0 Å². The molecule has 2 aromatic carbocycles. The fourth-order valence-electron chi connectivity index (χ4n) is 2.56. The van der Waals surface area contributed by atoms with Gasteiger partial charge in [-0.15, -0.1) is 0 Å². The molecule has 3 aromatic rings. The maximum atomic E-state index is 13.3. The van der Waals surface area contributed by atoms with Crippen LogP contribution < -0.4 is 0 Å². The summed E-state index contributed by atoms with van der Waals surface area (Å²) < 4.78 is 39.9. The van der Waals surface area contributed by atoms with Gasteiger partial charge in [-0.2, -0.15) is 13.2 Å². The van der Waals surface area contributed by atoms with Gasteiger partial charge < -0.3 is 0 Å². The van der Waals surface area contributed by atoms with E-state index >= 15 is 0 Å². The number of halogens is 3. The summed E-state index contributed by atoms with van der Waals surface area (Å²) in [4.78, 5) is 4.48. The summed E-state index contributed by atoms with van der Waals surface area (Å²) in [6.07, 6.45) is -4.42. The molecule has 0 saturated carbocycles. The van der Waals surface area contributed by atoms with Gasteiger partial charge in [0.1, 0.15) is 0 Å². The first-order valence-electron chi connectivity index (χ1n) is 7.57. The Kier molecular flexibility index (Phi) is 4.14. The normalized spacial score (nSPS) is 11.5. The molecule has 0 N–H and O–H groups in total. The van der Waals surface area contributed by atoms with Crippen LogP contribution in [-0.4, -0.2) is 4.98 Å². The molecular weight excluding hydrogens is 311 g/mol. The van der Waals surface area contributed by atoms with Crippen LogP contribution in [0.4, 0.5) is 13.2 Å². The van der Waals surface area contributed by atoms with Crippen LogP contribution in [0.5, 0.6) is 0 Å². The molecule has 0 aliphatic carbocycles. The van der Waals surface area contributed by atoms with Gasteiger partial charge in [-0.3, -0.25) is 0 Å². The molecule has 122 valence electrons. The molecule has 0 fully saturated rings. The van der Waals surface area contributed by atoms with Crippen molar-refractivity contribution in [2.45, 2.75) is 20.0 Å². The minimum absolute atomic E-state index is 0.322. The summed E-state index contributed by atoms with van der Waals surface area (Å²) in [5.74, 6) is 0. The maximum absolute atomic E-state index is 13.3. The lowest BCUT2D eigenvalue weighted by atomic mass is 10.0. The molecular formula is C20H16F3N. The minimum Gasteiger partial charge on any atom is -0.248 e. The average molecular weight is 327 g/mol. The highest BCUT2D eigenvalue weighted by molar-refractivity contribution is 5.69. The zero-order chi connectivity index (χ0) is 17.3. The highest BCUT2D eigenvalue weighted by Crippen LogP contribution is 2.35. The predicted molar refractivity (Wildman–Crippen MR) is 89.6 cm³/mol. The SMILES string of the molecule is Cc1ccc(-c2cc(C(F)(F)F)cc(-c3ccccc3C)n2)cc1. The molecule has 0 spiro atoms. The van der Waals surface area contributed by atoms with Gasteiger partial charge in [0.05, 0.1) is 17.0 Å². The first-order chi connectivity index (χ1) is 11.3. The summed E-state index contributed by atoms with van der Waals surface area (Å²) >= 11 is 0. The molecule has 0 aliphatic rings. The molecule has 1 nitrogen and oxygen atoms in total. The topological polar surface area (TPSA) is 12.9 Å². The molecule has 0 saturated heterocycles. The molecule has 24 heavy (non-hydrogen) atoms. The Labute approximate surface area is 138 Å². The smallest absolute Gasteiger partial charge is 0.248 e. The van der Waals surface area contributed by atoms with Crippen molar-refractivity contribution in [3.05, 3.63) is 77.4 Å². The number of rotatable bonds is 2. The third-order valence-electron chi connectivity index (χ3n) is 3.92. The Hall–Kier alpha value is -2.62. The van der Waals surface area contributed by atoms with Crippen molar-refractivity contribution in [2.24, 2.45) is 0 Å². The van der Waals surface area contributed by atoms with E-state index in [4.69, 9.17) is 0 Å². The van der Waals surface area contributed by atoms with Gasteiger partial charge in [0.15, 0.2) is 0 Å². The van der Waals surface area contributed by atoms with Gasteiger partial charge in [0.2, 0.25) is 0 Å². The summed E-state index contributed by atoms with van der Waals surface area (Å²) in [7, 11) is 0. The fraction of sp³-hybridized carbons (Fsp3) is 0.150. The summed E-state index contributed by atoms with van der Waals surface area (Å²) in [5, 5.41) is 0. The van der Waals surface area contributed by atoms with E-state index in [-0.39, 0.29) is 0 Å². The van der Waals surface area contributed by atoms with Crippen LogP contribution in [0.25, 0.3) is 22.5 Å². The standard InChI is InChI=1S/C20H16F3N/c1-13-7-9-15(10-8-13)18-11-16(20(21,22)23)12-19(24-18)17-6-4-3-5-14(17)2/h3-12H,1-2H3. The zero-order valence-corrected chi connectivity index (χ0v) is 13.4. The lowest BCUT2D eigenvalue weighted by molar-refractivity contribution is -0.137. The van der Waals surface area contributed by atoms with Crippen LogP contribution in [0.15, 0.2) is 60.7 Å². The van der Waals surface area contributed by atoms with Crippen molar-refractivity contribution < 1.29 is 13.2 Å². The first-order valence-corrected chi connectivity index (χ1v) is 7.57. The highest BCUT2D eigenvalue weighted by atomic mass is 19.4. The predicted octanol–water partition coefficient (Wildman–Crippen LogP) is 6.05. The molecule has 1 heterocycles. The number of aromatic nitrogens is 1. The van der Waals surface area contributed by atoms with E-state index in [0.29, 0.717) is 22.5 Å². The van der Waals surface area contributed by atoms with E-state index in [1.54, 1.807) is 24.3 Å². The van der Waals surface area contributed by atoms with Crippen LogP contribution in [0.2, 0.25) is 0 Å². The second-order valence-corrected chi connectivity index (χ2v) is 5.81. The minimum atomic E-state index is -4.42. The van der Waals surface area contributed by atoms with Crippen molar-refractivity contribution in [3.63, 3.8) is 0 Å². The summed E-state index contributed by atoms with van der Waals surface area (Å²) in [6, 6.07) is 16.8. The van der Waals surface area contributed by atoms with Gasteiger partial charge in [0, 0.05) is 11.1 Å². The average Bonchev–Trinajstić information content (AvgIpc) is 2.55. The Morgan fingerprint density at radius 3 is 2.04 bits per heavy atom. The van der Waals surface area contributed by atoms with Crippen LogP contribution >= 0.6 is 0 Å². The third kappa shape index (κ3) is 3.32. The summed E-state index contributed by atoms with van der Waals surface area (Å²) in [5.41, 5.74) is 3.27. The van der Waals surface area contributed by atoms with Gasteiger partial charge in [-0.05, 0) is 31.5 Å². The number of alkyl halides is 3. The van der Waals surface area contributed by atoms with E-state index in [2.05, 4.69) is 4.98 Å². The molecule has 0 bridgehead atoms. The van der Waals surface area contributed by atoms with E-state index in [1.807, 2.05) is 38.1 Å². The van der Waals surface area contributed by atoms with Crippen molar-refractivity contribution in [3.8, 4) is 22.5 Å². The van der Waals surface area contributed by atoms with E-state index in [1.165, 1.54) is 0 Å². The van der Waals surface area contributed by atoms with E-state index < -0.39 is 11.7 Å². The van der Waals surface area contributed by atoms with Crippen molar-refractivity contribution in [2.75, 3.05) is 0 Å². The second-order valence-electron chi connectivity index (χ2n) is 5.81. The lowest BCUT2D eigenvalue weighted by Crippen LogP contribution is -2.06. The number of hydrogen-bond acceptors (Lipinski definition) is 1. The first kappa shape index (κ1) is 16.2. The van der Waals surface area contributed by atoms with Gasteiger partial charge >= 0.3 is 6.18 Å². The second kappa shape index (κ2) is 6.11. The van der Waals surface area contributed by atoms with E-state index in [0.717, 1.165) is 23.3 Å². The quantitative estimate of drug-likeness (QED) is 0.558. The molecule has 0 radical (unpaired) electrons. The number of hydrogen-bond donors (Lipinski definition) is 0. The molecule has 0 atom stereocenters. The van der Waals surface area contributed by atoms with Crippen molar-refractivity contribution in [1.82, 2.24) is 4.98 Å². The van der Waals surface area contributed by atoms with Gasteiger partial charge in [-0.1, -0.05) is 54.1 Å². The molecule has 3 rings (SSSR count). The van der Waals surface area contributed by atoms with Crippen LogP contribution in [-0.2, 0) is 6.18 Å². The maximum Gasteiger partial charge on any atom is 0.416 e. The Bertz CT molecular complexity index is 865. The van der Waals surface area contributed by atoms with Gasteiger partial charge in [0.25, 0.3) is 0 Å². The monoisotopic (exact) mass is 327 g/mol. The molecule has 4 heteroatoms. The van der Waals surface area contributed by atoms with Crippen LogP contribution in [0, 0.1) is 13.8 Å². The van der Waals surface area contributed by atoms with Gasteiger partial charge in [-0.25, -0.2) is 4.98 Å². The largest absolute Gasteiger partial charge is 0.416 e. The number of benzene rings is 2. The van der Waals surface area contributed by atoms with Crippen molar-refractivity contribution in [1.29, 1.82) is 0 Å². The lowest BCUT2D eigenvalue weighted by Gasteiger charge is -2.13. The molecule has 0 unspecified atom stereocenters. The molecule has 0 aliphatic heterocycles. The number of aryl methyl sites for hydroxylation is 2. The molecule has 0 amide bonds. The van der Waals surface area contributed by atoms with Crippen LogP contribution in [0.3, 0.4) is 0 Å².